The molecular formula is C11H10INO. The molecule has 0 bridgehead atoms. The first-order valence-electron chi connectivity index (χ1n) is 4.11. The molecule has 0 radical (unpaired) electrons. The van der Waals surface area contributed by atoms with Crippen LogP contribution in [0.5, 0.6) is 0 Å². The van der Waals surface area contributed by atoms with E-state index >= 15 is 0 Å². The number of para-hydroxylation sites is 1. The van der Waals surface area contributed by atoms with Crippen LogP contribution in [-0.4, -0.2) is 13.0 Å². The summed E-state index contributed by atoms with van der Waals surface area (Å²) in [5.41, 5.74) is 0.890. The molecule has 1 amide bonds. The van der Waals surface area contributed by atoms with Crippen molar-refractivity contribution in [3.8, 4) is 11.8 Å². The molecule has 0 saturated heterocycles. The van der Waals surface area contributed by atoms with Crippen molar-refractivity contribution in [3.05, 3.63) is 27.8 Å². The molecule has 3 heteroatoms. The first kappa shape index (κ1) is 11.1. The number of nitrogens with zero attached hydrogens (tertiary/aromatic N) is 1. The highest BCUT2D eigenvalue weighted by molar-refractivity contribution is 14.1. The third kappa shape index (κ3) is 2.48. The van der Waals surface area contributed by atoms with Crippen LogP contribution in [0.1, 0.15) is 6.92 Å². The van der Waals surface area contributed by atoms with Crippen LogP contribution in [0.3, 0.4) is 0 Å². The predicted molar refractivity (Wildman–Crippen MR) is 66.0 cm³/mol. The number of carbonyl (C=O) groups is 1. The van der Waals surface area contributed by atoms with Crippen molar-refractivity contribution >= 4 is 34.2 Å². The number of halogens is 1. The summed E-state index contributed by atoms with van der Waals surface area (Å²) in [6, 6.07) is 7.70. The number of amides is 1. The van der Waals surface area contributed by atoms with Crippen LogP contribution in [0.2, 0.25) is 0 Å². The van der Waals surface area contributed by atoms with Gasteiger partial charge in [-0.05, 0) is 47.6 Å². The Morgan fingerprint density at radius 1 is 1.43 bits per heavy atom. The summed E-state index contributed by atoms with van der Waals surface area (Å²) in [5.74, 6) is 4.91. The van der Waals surface area contributed by atoms with Crippen molar-refractivity contribution < 1.29 is 4.79 Å². The van der Waals surface area contributed by atoms with E-state index < -0.39 is 0 Å². The van der Waals surface area contributed by atoms with Crippen molar-refractivity contribution in [3.63, 3.8) is 0 Å². The lowest BCUT2D eigenvalue weighted by atomic mass is 10.3. The quantitative estimate of drug-likeness (QED) is 0.575. The number of benzene rings is 1. The largest absolute Gasteiger partial charge is 0.304 e. The van der Waals surface area contributed by atoms with Crippen LogP contribution in [-0.2, 0) is 4.79 Å². The highest BCUT2D eigenvalue weighted by Gasteiger charge is 2.09. The molecule has 0 aliphatic heterocycles. The summed E-state index contributed by atoms with van der Waals surface area (Å²) >= 11 is 2.20. The Kier molecular flexibility index (Phi) is 3.96. The van der Waals surface area contributed by atoms with E-state index in [1.807, 2.05) is 24.3 Å². The molecule has 0 saturated carbocycles. The van der Waals surface area contributed by atoms with Gasteiger partial charge in [0, 0.05) is 10.6 Å². The lowest BCUT2D eigenvalue weighted by Gasteiger charge is -2.15. The van der Waals surface area contributed by atoms with Gasteiger partial charge in [-0.2, -0.15) is 0 Å². The minimum atomic E-state index is -0.184. The van der Waals surface area contributed by atoms with Gasteiger partial charge < -0.3 is 4.90 Å². The Balaban J connectivity index is 2.98. The third-order valence-electron chi connectivity index (χ3n) is 1.75. The fourth-order valence-corrected chi connectivity index (χ4v) is 1.77. The molecule has 1 aromatic rings. The van der Waals surface area contributed by atoms with Gasteiger partial charge >= 0.3 is 5.91 Å². The minimum absolute atomic E-state index is 0.184. The van der Waals surface area contributed by atoms with Crippen LogP contribution in [0.15, 0.2) is 24.3 Å². The van der Waals surface area contributed by atoms with Gasteiger partial charge in [-0.3, -0.25) is 4.79 Å². The van der Waals surface area contributed by atoms with Crippen molar-refractivity contribution in [2.75, 3.05) is 11.9 Å². The van der Waals surface area contributed by atoms with E-state index in [2.05, 4.69) is 34.4 Å². The van der Waals surface area contributed by atoms with Gasteiger partial charge in [0.15, 0.2) is 0 Å². The Morgan fingerprint density at radius 2 is 2.07 bits per heavy atom. The van der Waals surface area contributed by atoms with Crippen LogP contribution in [0, 0.1) is 15.4 Å². The summed E-state index contributed by atoms with van der Waals surface area (Å²) in [4.78, 5) is 13.0. The van der Waals surface area contributed by atoms with Gasteiger partial charge in [0.1, 0.15) is 0 Å². The lowest BCUT2D eigenvalue weighted by Crippen LogP contribution is -2.25. The average molecular weight is 299 g/mol. The molecule has 0 aliphatic rings. The monoisotopic (exact) mass is 299 g/mol. The zero-order chi connectivity index (χ0) is 10.6. The summed E-state index contributed by atoms with van der Waals surface area (Å²) in [6.45, 7) is 1.65. The maximum absolute atomic E-state index is 11.4. The second kappa shape index (κ2) is 5.01. The van der Waals surface area contributed by atoms with E-state index in [0.717, 1.165) is 9.26 Å². The van der Waals surface area contributed by atoms with Gasteiger partial charge in [-0.15, -0.1) is 0 Å². The van der Waals surface area contributed by atoms with Crippen LogP contribution < -0.4 is 4.90 Å². The smallest absolute Gasteiger partial charge is 0.302 e. The second-order valence-electron chi connectivity index (χ2n) is 2.69. The minimum Gasteiger partial charge on any atom is -0.304 e. The number of anilines is 1. The molecule has 0 spiro atoms. The summed E-state index contributed by atoms with van der Waals surface area (Å²) in [6.07, 6.45) is 0. The van der Waals surface area contributed by atoms with E-state index in [1.165, 1.54) is 0 Å². The molecule has 1 aromatic carbocycles. The zero-order valence-electron chi connectivity index (χ0n) is 8.04. The Bertz CT molecular complexity index is 403. The van der Waals surface area contributed by atoms with Crippen LogP contribution in [0.25, 0.3) is 0 Å². The molecular weight excluding hydrogens is 289 g/mol. The van der Waals surface area contributed by atoms with Gasteiger partial charge in [-0.25, -0.2) is 0 Å². The fraction of sp³-hybridized carbons (Fsp3) is 0.182. The van der Waals surface area contributed by atoms with E-state index in [9.17, 15) is 4.79 Å². The van der Waals surface area contributed by atoms with Gasteiger partial charge in [0.2, 0.25) is 0 Å². The Hall–Kier alpha value is -1.02. The van der Waals surface area contributed by atoms with Gasteiger partial charge in [0.05, 0.1) is 5.69 Å². The van der Waals surface area contributed by atoms with Crippen LogP contribution >= 0.6 is 22.6 Å². The standard InChI is InChI=1S/C11H10INO/c1-3-6-11(14)13(2)10-8-5-4-7-9(10)12/h4-5,7-8H,1-2H3. The molecule has 14 heavy (non-hydrogen) atoms. The molecule has 0 atom stereocenters. The molecule has 2 nitrogen and oxygen atoms in total. The predicted octanol–water partition coefficient (Wildman–Crippen LogP) is 2.28. The van der Waals surface area contributed by atoms with Crippen molar-refractivity contribution in [2.45, 2.75) is 6.92 Å². The Labute approximate surface area is 97.4 Å². The highest BCUT2D eigenvalue weighted by atomic mass is 127. The molecule has 1 rings (SSSR count). The molecule has 0 heterocycles. The number of hydrogen-bond acceptors (Lipinski definition) is 1. The molecule has 0 aromatic heterocycles. The maximum Gasteiger partial charge on any atom is 0.302 e. The zero-order valence-corrected chi connectivity index (χ0v) is 10.2. The summed E-state index contributed by atoms with van der Waals surface area (Å²) in [5, 5.41) is 0. The van der Waals surface area contributed by atoms with Crippen molar-refractivity contribution in [1.29, 1.82) is 0 Å². The topological polar surface area (TPSA) is 20.3 Å². The SMILES string of the molecule is CC#CC(=O)N(C)c1ccccc1I. The van der Waals surface area contributed by atoms with Gasteiger partial charge in [-0.1, -0.05) is 18.1 Å². The first-order valence-corrected chi connectivity index (χ1v) is 5.19. The normalized spacial score (nSPS) is 8.79. The molecule has 0 unspecified atom stereocenters. The third-order valence-corrected chi connectivity index (χ3v) is 2.66. The Morgan fingerprint density at radius 3 is 2.64 bits per heavy atom. The van der Waals surface area contributed by atoms with Crippen molar-refractivity contribution in [1.82, 2.24) is 0 Å². The summed E-state index contributed by atoms with van der Waals surface area (Å²) < 4.78 is 1.04. The molecule has 0 aliphatic carbocycles. The molecule has 0 fully saturated rings. The van der Waals surface area contributed by atoms with E-state index in [1.54, 1.807) is 18.9 Å². The van der Waals surface area contributed by atoms with Crippen molar-refractivity contribution in [2.24, 2.45) is 0 Å². The van der Waals surface area contributed by atoms with E-state index in [4.69, 9.17) is 0 Å². The van der Waals surface area contributed by atoms with Crippen LogP contribution in [0.4, 0.5) is 5.69 Å². The number of rotatable bonds is 1. The fourth-order valence-electron chi connectivity index (χ4n) is 1.02. The second-order valence-corrected chi connectivity index (χ2v) is 3.85. The number of carbonyl (C=O) groups excluding carboxylic acids is 1. The molecule has 0 N–H and O–H groups in total. The van der Waals surface area contributed by atoms with E-state index in [0.29, 0.717) is 0 Å². The lowest BCUT2D eigenvalue weighted by molar-refractivity contribution is -0.113. The maximum atomic E-state index is 11.4. The highest BCUT2D eigenvalue weighted by Crippen LogP contribution is 2.20. The molecule has 72 valence electrons. The summed E-state index contributed by atoms with van der Waals surface area (Å²) in [7, 11) is 1.73. The average Bonchev–Trinajstić information content (AvgIpc) is 2.18. The van der Waals surface area contributed by atoms with Gasteiger partial charge in [0.25, 0.3) is 0 Å². The number of hydrogen-bond donors (Lipinski definition) is 0. The van der Waals surface area contributed by atoms with E-state index in [-0.39, 0.29) is 5.91 Å². The first-order chi connectivity index (χ1) is 6.66.